The van der Waals surface area contributed by atoms with Gasteiger partial charge >= 0.3 is 5.97 Å². The molecule has 0 saturated heterocycles. The van der Waals surface area contributed by atoms with Crippen LogP contribution in [0.1, 0.15) is 6.92 Å². The second-order valence-electron chi connectivity index (χ2n) is 2.63. The van der Waals surface area contributed by atoms with Gasteiger partial charge in [-0.1, -0.05) is 11.6 Å². The second-order valence-corrected chi connectivity index (χ2v) is 4.72. The third-order valence-electron chi connectivity index (χ3n) is 1.42. The van der Waals surface area contributed by atoms with Crippen LogP contribution >= 0.6 is 11.6 Å². The highest BCUT2D eigenvalue weighted by Gasteiger charge is 2.14. The Hall–Kier alpha value is -1.11. The molecule has 1 rings (SSSR count). The Kier molecular flexibility index (Phi) is 3.67. The summed E-state index contributed by atoms with van der Waals surface area (Å²) in [6, 6.07) is 5.44. The van der Waals surface area contributed by atoms with E-state index in [4.69, 9.17) is 11.6 Å². The standard InChI is InChI=1S/C8H8ClNO4S/c1-6(11)14-10-15(12,13)8-4-2-7(9)3-5-8/h2-5,10H,1H3. The van der Waals surface area contributed by atoms with Crippen LogP contribution in [-0.4, -0.2) is 14.4 Å². The summed E-state index contributed by atoms with van der Waals surface area (Å²) in [4.78, 5) is 16.2. The zero-order valence-corrected chi connectivity index (χ0v) is 9.30. The van der Waals surface area contributed by atoms with Gasteiger partial charge < -0.3 is 4.84 Å². The number of halogens is 1. The number of carbonyl (C=O) groups excluding carboxylic acids is 1. The molecule has 82 valence electrons. The molecular formula is C8H8ClNO4S. The van der Waals surface area contributed by atoms with Gasteiger partial charge in [-0.25, -0.2) is 8.42 Å². The predicted octanol–water partition coefficient (Wildman–Crippen LogP) is 1.10. The van der Waals surface area contributed by atoms with Crippen LogP contribution in [0, 0.1) is 0 Å². The molecule has 1 aromatic rings. The molecule has 0 unspecified atom stereocenters. The number of hydrogen-bond donors (Lipinski definition) is 1. The molecular weight excluding hydrogens is 242 g/mol. The summed E-state index contributed by atoms with van der Waals surface area (Å²) in [5, 5.41) is 0.418. The molecule has 0 bridgehead atoms. The minimum Gasteiger partial charge on any atom is -0.356 e. The zero-order chi connectivity index (χ0) is 11.5. The Bertz CT molecular complexity index is 454. The van der Waals surface area contributed by atoms with E-state index in [9.17, 15) is 13.2 Å². The molecule has 0 fully saturated rings. The molecule has 1 aromatic carbocycles. The highest BCUT2D eigenvalue weighted by molar-refractivity contribution is 7.89. The predicted molar refractivity (Wildman–Crippen MR) is 53.5 cm³/mol. The van der Waals surface area contributed by atoms with E-state index in [1.165, 1.54) is 24.3 Å². The highest BCUT2D eigenvalue weighted by atomic mass is 35.5. The topological polar surface area (TPSA) is 72.5 Å². The maximum atomic E-state index is 11.4. The summed E-state index contributed by atoms with van der Waals surface area (Å²) in [5.74, 6) is -0.743. The Labute approximate surface area is 92.0 Å². The van der Waals surface area contributed by atoms with Crippen molar-refractivity contribution in [2.45, 2.75) is 11.8 Å². The van der Waals surface area contributed by atoms with E-state index < -0.39 is 16.0 Å². The first-order valence-electron chi connectivity index (χ1n) is 3.86. The van der Waals surface area contributed by atoms with Crippen LogP contribution in [0.3, 0.4) is 0 Å². The van der Waals surface area contributed by atoms with Crippen LogP contribution in [0.4, 0.5) is 0 Å². The molecule has 0 heterocycles. The van der Waals surface area contributed by atoms with Crippen LogP contribution in [0.15, 0.2) is 29.2 Å². The summed E-state index contributed by atoms with van der Waals surface area (Å²) in [6.07, 6.45) is 0. The molecule has 1 N–H and O–H groups in total. The summed E-state index contributed by atoms with van der Waals surface area (Å²) in [6.45, 7) is 1.09. The van der Waals surface area contributed by atoms with Gasteiger partial charge in [-0.15, -0.1) is 0 Å². The molecule has 5 nitrogen and oxygen atoms in total. The summed E-state index contributed by atoms with van der Waals surface area (Å²) in [5.41, 5.74) is 0. The molecule has 0 aliphatic rings. The van der Waals surface area contributed by atoms with Gasteiger partial charge in [0.1, 0.15) is 0 Å². The number of sulfonamides is 1. The first-order chi connectivity index (χ1) is 6.92. The Morgan fingerprint density at radius 1 is 1.33 bits per heavy atom. The third kappa shape index (κ3) is 3.50. The van der Waals surface area contributed by atoms with Gasteiger partial charge in [-0.05, 0) is 29.2 Å². The van der Waals surface area contributed by atoms with Gasteiger partial charge in [0.05, 0.1) is 4.90 Å². The lowest BCUT2D eigenvalue weighted by atomic mass is 10.4. The molecule has 7 heteroatoms. The van der Waals surface area contributed by atoms with Crippen molar-refractivity contribution in [1.82, 2.24) is 4.89 Å². The van der Waals surface area contributed by atoms with E-state index in [1.54, 1.807) is 4.89 Å². The van der Waals surface area contributed by atoms with Gasteiger partial charge in [-0.3, -0.25) is 4.79 Å². The largest absolute Gasteiger partial charge is 0.356 e. The van der Waals surface area contributed by atoms with E-state index >= 15 is 0 Å². The third-order valence-corrected chi connectivity index (χ3v) is 2.87. The van der Waals surface area contributed by atoms with Gasteiger partial charge in [0.2, 0.25) is 0 Å². The normalized spacial score (nSPS) is 11.1. The fraction of sp³-hybridized carbons (Fsp3) is 0.125. The molecule has 0 aliphatic heterocycles. The van der Waals surface area contributed by atoms with Crippen molar-refractivity contribution in [2.24, 2.45) is 0 Å². The van der Waals surface area contributed by atoms with E-state index in [1.807, 2.05) is 0 Å². The van der Waals surface area contributed by atoms with Crippen LogP contribution in [0.2, 0.25) is 5.02 Å². The van der Waals surface area contributed by atoms with Crippen LogP contribution < -0.4 is 4.89 Å². The summed E-state index contributed by atoms with van der Waals surface area (Å²) >= 11 is 5.59. The van der Waals surface area contributed by atoms with Crippen molar-refractivity contribution in [2.75, 3.05) is 0 Å². The lowest BCUT2D eigenvalue weighted by Gasteiger charge is -2.04. The molecule has 0 radical (unpaired) electrons. The molecule has 15 heavy (non-hydrogen) atoms. The molecule has 0 amide bonds. The first kappa shape index (κ1) is 12.0. The smallest absolute Gasteiger partial charge is 0.323 e. The van der Waals surface area contributed by atoms with Gasteiger partial charge in [0.25, 0.3) is 10.0 Å². The first-order valence-corrected chi connectivity index (χ1v) is 5.73. The van der Waals surface area contributed by atoms with E-state index in [0.29, 0.717) is 5.02 Å². The summed E-state index contributed by atoms with van der Waals surface area (Å²) in [7, 11) is -3.82. The molecule has 0 aliphatic carbocycles. The average Bonchev–Trinajstić information content (AvgIpc) is 2.16. The quantitative estimate of drug-likeness (QED) is 0.814. The van der Waals surface area contributed by atoms with Crippen LogP contribution in [-0.2, 0) is 19.7 Å². The average molecular weight is 250 g/mol. The lowest BCUT2D eigenvalue weighted by molar-refractivity contribution is -0.144. The maximum Gasteiger partial charge on any atom is 0.323 e. The van der Waals surface area contributed by atoms with Crippen molar-refractivity contribution in [3.05, 3.63) is 29.3 Å². The van der Waals surface area contributed by atoms with Crippen molar-refractivity contribution >= 4 is 27.6 Å². The summed E-state index contributed by atoms with van der Waals surface area (Å²) < 4.78 is 22.8. The number of hydrogen-bond acceptors (Lipinski definition) is 4. The van der Waals surface area contributed by atoms with Crippen molar-refractivity contribution in [1.29, 1.82) is 0 Å². The van der Waals surface area contributed by atoms with E-state index in [2.05, 4.69) is 4.84 Å². The van der Waals surface area contributed by atoms with E-state index in [-0.39, 0.29) is 4.90 Å². The number of rotatable bonds is 3. The Morgan fingerprint density at radius 2 is 1.87 bits per heavy atom. The monoisotopic (exact) mass is 249 g/mol. The molecule has 0 spiro atoms. The lowest BCUT2D eigenvalue weighted by Crippen LogP contribution is -2.26. The van der Waals surface area contributed by atoms with Gasteiger partial charge in [0.15, 0.2) is 0 Å². The van der Waals surface area contributed by atoms with Crippen LogP contribution in [0.5, 0.6) is 0 Å². The molecule has 0 atom stereocenters. The minimum absolute atomic E-state index is 0.0341. The fourth-order valence-electron chi connectivity index (χ4n) is 0.775. The molecule has 0 saturated carbocycles. The number of carbonyl (C=O) groups is 1. The number of nitrogens with one attached hydrogen (secondary N) is 1. The maximum absolute atomic E-state index is 11.4. The van der Waals surface area contributed by atoms with Crippen LogP contribution in [0.25, 0.3) is 0 Å². The fourth-order valence-corrected chi connectivity index (χ4v) is 1.72. The second kappa shape index (κ2) is 4.61. The van der Waals surface area contributed by atoms with Crippen molar-refractivity contribution in [3.63, 3.8) is 0 Å². The minimum atomic E-state index is -3.82. The Morgan fingerprint density at radius 3 is 2.33 bits per heavy atom. The Balaban J connectivity index is 2.87. The number of benzene rings is 1. The molecule has 0 aromatic heterocycles. The van der Waals surface area contributed by atoms with Crippen molar-refractivity contribution in [3.8, 4) is 0 Å². The van der Waals surface area contributed by atoms with Gasteiger partial charge in [-0.2, -0.15) is 0 Å². The zero-order valence-electron chi connectivity index (χ0n) is 7.73. The van der Waals surface area contributed by atoms with Gasteiger partial charge in [0, 0.05) is 11.9 Å². The van der Waals surface area contributed by atoms with E-state index in [0.717, 1.165) is 6.92 Å². The SMILES string of the molecule is CC(=O)ONS(=O)(=O)c1ccc(Cl)cc1. The highest BCUT2D eigenvalue weighted by Crippen LogP contribution is 2.13. The van der Waals surface area contributed by atoms with Crippen molar-refractivity contribution < 1.29 is 18.0 Å².